The Labute approximate surface area is 156 Å². The molecule has 0 aliphatic carbocycles. The van der Waals surface area contributed by atoms with E-state index in [4.69, 9.17) is 16.3 Å². The molecule has 3 nitrogen and oxygen atoms in total. The highest BCUT2D eigenvalue weighted by molar-refractivity contribution is 7.12. The fourth-order valence-corrected chi connectivity index (χ4v) is 3.20. The van der Waals surface area contributed by atoms with Crippen LogP contribution in [0.2, 0.25) is 5.02 Å². The molecule has 0 spiro atoms. The average molecular weight is 372 g/mol. The van der Waals surface area contributed by atoms with E-state index in [1.54, 1.807) is 12.1 Å². The van der Waals surface area contributed by atoms with Gasteiger partial charge in [-0.05, 0) is 59.8 Å². The Morgan fingerprint density at radius 1 is 1.08 bits per heavy atom. The Morgan fingerprint density at radius 2 is 1.80 bits per heavy atom. The normalized spacial score (nSPS) is 10.5. The number of halogens is 1. The predicted molar refractivity (Wildman–Crippen MR) is 104 cm³/mol. The van der Waals surface area contributed by atoms with Gasteiger partial charge in [0, 0.05) is 16.3 Å². The zero-order valence-electron chi connectivity index (χ0n) is 13.8. The van der Waals surface area contributed by atoms with Crippen LogP contribution in [0.4, 0.5) is 5.69 Å². The van der Waals surface area contributed by atoms with Crippen molar-refractivity contribution in [1.82, 2.24) is 0 Å². The number of aryl methyl sites for hydroxylation is 1. The molecule has 3 aromatic rings. The van der Waals surface area contributed by atoms with E-state index in [1.807, 2.05) is 47.8 Å². The minimum Gasteiger partial charge on any atom is -0.489 e. The maximum atomic E-state index is 12.3. The van der Waals surface area contributed by atoms with Crippen molar-refractivity contribution in [2.24, 2.45) is 0 Å². The van der Waals surface area contributed by atoms with E-state index in [0.29, 0.717) is 16.5 Å². The summed E-state index contributed by atoms with van der Waals surface area (Å²) in [5.74, 6) is 0.643. The van der Waals surface area contributed by atoms with Crippen LogP contribution < -0.4 is 10.1 Å². The van der Waals surface area contributed by atoms with Gasteiger partial charge in [0.1, 0.15) is 12.4 Å². The van der Waals surface area contributed by atoms with E-state index < -0.39 is 0 Å². The molecular formula is C20H18ClNO2S. The van der Waals surface area contributed by atoms with E-state index in [0.717, 1.165) is 23.4 Å². The summed E-state index contributed by atoms with van der Waals surface area (Å²) in [5.41, 5.74) is 3.01. The molecule has 0 saturated carbocycles. The lowest BCUT2D eigenvalue weighted by atomic mass is 10.1. The molecule has 0 aliphatic heterocycles. The summed E-state index contributed by atoms with van der Waals surface area (Å²) in [5, 5.41) is 5.53. The molecule has 1 amide bonds. The molecule has 1 aromatic heterocycles. The lowest BCUT2D eigenvalue weighted by molar-refractivity contribution is 0.103. The quantitative estimate of drug-likeness (QED) is 0.595. The van der Waals surface area contributed by atoms with Gasteiger partial charge >= 0.3 is 0 Å². The van der Waals surface area contributed by atoms with Crippen LogP contribution >= 0.6 is 22.9 Å². The van der Waals surface area contributed by atoms with Crippen LogP contribution in [-0.4, -0.2) is 5.91 Å². The highest BCUT2D eigenvalue weighted by Crippen LogP contribution is 2.21. The van der Waals surface area contributed by atoms with Gasteiger partial charge in [-0.15, -0.1) is 11.3 Å². The molecule has 0 bridgehead atoms. The van der Waals surface area contributed by atoms with Crippen LogP contribution in [0.3, 0.4) is 0 Å². The molecule has 25 heavy (non-hydrogen) atoms. The first-order valence-electron chi connectivity index (χ1n) is 8.00. The molecule has 5 heteroatoms. The van der Waals surface area contributed by atoms with Crippen molar-refractivity contribution in [3.05, 3.63) is 81.0 Å². The highest BCUT2D eigenvalue weighted by Gasteiger charge is 2.10. The van der Waals surface area contributed by atoms with E-state index >= 15 is 0 Å². The summed E-state index contributed by atoms with van der Waals surface area (Å²) in [7, 11) is 0. The number of hydrogen-bond acceptors (Lipinski definition) is 3. The SMILES string of the molecule is CCc1ccc(NC(=O)c2cc(COc3ccc(Cl)cc3)cs2)cc1. The first-order chi connectivity index (χ1) is 12.1. The molecule has 1 N–H and O–H groups in total. The zero-order chi connectivity index (χ0) is 17.6. The number of nitrogens with one attached hydrogen (secondary N) is 1. The lowest BCUT2D eigenvalue weighted by Crippen LogP contribution is -2.10. The molecule has 0 radical (unpaired) electrons. The number of benzene rings is 2. The maximum absolute atomic E-state index is 12.3. The van der Waals surface area contributed by atoms with Gasteiger partial charge in [0.25, 0.3) is 5.91 Å². The molecule has 0 fully saturated rings. The maximum Gasteiger partial charge on any atom is 0.265 e. The summed E-state index contributed by atoms with van der Waals surface area (Å²) in [6.45, 7) is 2.52. The molecular weight excluding hydrogens is 354 g/mol. The second-order valence-corrected chi connectivity index (χ2v) is 6.91. The van der Waals surface area contributed by atoms with Gasteiger partial charge in [-0.25, -0.2) is 0 Å². The van der Waals surface area contributed by atoms with Crippen molar-refractivity contribution in [3.63, 3.8) is 0 Å². The Bertz CT molecular complexity index is 841. The van der Waals surface area contributed by atoms with E-state index in [1.165, 1.54) is 16.9 Å². The number of amides is 1. The third-order valence-corrected chi connectivity index (χ3v) is 4.95. The summed E-state index contributed by atoms with van der Waals surface area (Å²) in [6, 6.07) is 17.0. The number of carbonyl (C=O) groups excluding carboxylic acids is 1. The minimum absolute atomic E-state index is 0.105. The van der Waals surface area contributed by atoms with E-state index in [2.05, 4.69) is 12.2 Å². The Morgan fingerprint density at radius 3 is 2.48 bits per heavy atom. The number of anilines is 1. The van der Waals surface area contributed by atoms with Crippen molar-refractivity contribution < 1.29 is 9.53 Å². The molecule has 128 valence electrons. The number of hydrogen-bond donors (Lipinski definition) is 1. The number of thiophene rings is 1. The Balaban J connectivity index is 1.58. The third kappa shape index (κ3) is 4.84. The molecule has 0 atom stereocenters. The molecule has 0 saturated heterocycles. The second-order valence-electron chi connectivity index (χ2n) is 5.57. The van der Waals surface area contributed by atoms with Gasteiger partial charge in [-0.3, -0.25) is 4.79 Å². The third-order valence-electron chi connectivity index (χ3n) is 3.72. The summed E-state index contributed by atoms with van der Waals surface area (Å²) < 4.78 is 5.70. The lowest BCUT2D eigenvalue weighted by Gasteiger charge is -2.05. The van der Waals surface area contributed by atoms with Crippen molar-refractivity contribution in [2.75, 3.05) is 5.32 Å². The standard InChI is InChI=1S/C20H18ClNO2S/c1-2-14-3-7-17(8-4-14)22-20(23)19-11-15(13-25-19)12-24-18-9-5-16(21)6-10-18/h3-11,13H,2,12H2,1H3,(H,22,23). The van der Waals surface area contributed by atoms with Gasteiger partial charge in [0.05, 0.1) is 4.88 Å². The molecule has 0 unspecified atom stereocenters. The van der Waals surface area contributed by atoms with Gasteiger partial charge < -0.3 is 10.1 Å². The minimum atomic E-state index is -0.105. The number of ether oxygens (including phenoxy) is 1. The summed E-state index contributed by atoms with van der Waals surface area (Å²) in [4.78, 5) is 13.0. The van der Waals surface area contributed by atoms with Crippen LogP contribution in [0.1, 0.15) is 27.7 Å². The summed E-state index contributed by atoms with van der Waals surface area (Å²) in [6.07, 6.45) is 0.982. The van der Waals surface area contributed by atoms with Crippen LogP contribution in [-0.2, 0) is 13.0 Å². The largest absolute Gasteiger partial charge is 0.489 e. The van der Waals surface area contributed by atoms with E-state index in [9.17, 15) is 4.79 Å². The van der Waals surface area contributed by atoms with Crippen molar-refractivity contribution in [3.8, 4) is 5.75 Å². The van der Waals surface area contributed by atoms with Crippen LogP contribution in [0, 0.1) is 0 Å². The van der Waals surface area contributed by atoms with Crippen molar-refractivity contribution >= 4 is 34.5 Å². The smallest absolute Gasteiger partial charge is 0.265 e. The van der Waals surface area contributed by atoms with Gasteiger partial charge in [0.2, 0.25) is 0 Å². The van der Waals surface area contributed by atoms with Crippen LogP contribution in [0.5, 0.6) is 5.75 Å². The first kappa shape index (κ1) is 17.5. The number of rotatable bonds is 6. The average Bonchev–Trinajstić information content (AvgIpc) is 3.11. The monoisotopic (exact) mass is 371 g/mol. The summed E-state index contributed by atoms with van der Waals surface area (Å²) >= 11 is 7.26. The Hall–Kier alpha value is -2.30. The number of carbonyl (C=O) groups is 1. The first-order valence-corrected chi connectivity index (χ1v) is 9.26. The molecule has 1 heterocycles. The Kier molecular flexibility index (Phi) is 5.74. The second kappa shape index (κ2) is 8.19. The molecule has 3 rings (SSSR count). The van der Waals surface area contributed by atoms with Crippen LogP contribution in [0.25, 0.3) is 0 Å². The fourth-order valence-electron chi connectivity index (χ4n) is 2.28. The zero-order valence-corrected chi connectivity index (χ0v) is 15.4. The van der Waals surface area contributed by atoms with Crippen molar-refractivity contribution in [2.45, 2.75) is 20.0 Å². The van der Waals surface area contributed by atoms with Crippen LogP contribution in [0.15, 0.2) is 60.0 Å². The highest BCUT2D eigenvalue weighted by atomic mass is 35.5. The van der Waals surface area contributed by atoms with E-state index in [-0.39, 0.29) is 5.91 Å². The predicted octanol–water partition coefficient (Wildman–Crippen LogP) is 5.80. The molecule has 2 aromatic carbocycles. The van der Waals surface area contributed by atoms with Gasteiger partial charge in [-0.2, -0.15) is 0 Å². The molecule has 0 aliphatic rings. The van der Waals surface area contributed by atoms with Gasteiger partial charge in [0.15, 0.2) is 0 Å². The topological polar surface area (TPSA) is 38.3 Å². The van der Waals surface area contributed by atoms with Gasteiger partial charge in [-0.1, -0.05) is 30.7 Å². The van der Waals surface area contributed by atoms with Crippen molar-refractivity contribution in [1.29, 1.82) is 0 Å². The fraction of sp³-hybridized carbons (Fsp3) is 0.150.